The summed E-state index contributed by atoms with van der Waals surface area (Å²) in [7, 11) is 0. The summed E-state index contributed by atoms with van der Waals surface area (Å²) in [4.78, 5) is 16.9. The lowest BCUT2D eigenvalue weighted by Crippen LogP contribution is -2.25. The van der Waals surface area contributed by atoms with Gasteiger partial charge in [0.2, 0.25) is 5.91 Å². The molecule has 16 heavy (non-hydrogen) atoms. The Morgan fingerprint density at radius 3 is 3.25 bits per heavy atom. The van der Waals surface area contributed by atoms with Gasteiger partial charge < -0.3 is 10.6 Å². The topological polar surface area (TPSA) is 54.0 Å². The molecular formula is C11H17N3OS. The maximum atomic E-state index is 11.6. The van der Waals surface area contributed by atoms with Gasteiger partial charge in [-0.2, -0.15) is 0 Å². The van der Waals surface area contributed by atoms with Crippen LogP contribution in [0.25, 0.3) is 0 Å². The van der Waals surface area contributed by atoms with Crippen LogP contribution in [0.5, 0.6) is 0 Å². The number of aromatic nitrogens is 1. The number of hydrogen-bond acceptors (Lipinski definition) is 4. The second-order valence-electron chi connectivity index (χ2n) is 4.19. The van der Waals surface area contributed by atoms with Gasteiger partial charge in [-0.3, -0.25) is 4.79 Å². The van der Waals surface area contributed by atoms with Crippen molar-refractivity contribution in [1.82, 2.24) is 15.6 Å². The molecular weight excluding hydrogens is 222 g/mol. The molecule has 1 fully saturated rings. The van der Waals surface area contributed by atoms with Gasteiger partial charge in [-0.1, -0.05) is 0 Å². The highest BCUT2D eigenvalue weighted by Crippen LogP contribution is 2.13. The van der Waals surface area contributed by atoms with Crippen molar-refractivity contribution in [2.24, 2.45) is 5.92 Å². The largest absolute Gasteiger partial charge is 0.351 e. The minimum absolute atomic E-state index is 0.153. The van der Waals surface area contributed by atoms with Crippen LogP contribution in [-0.2, 0) is 11.3 Å². The van der Waals surface area contributed by atoms with Crippen LogP contribution in [0.15, 0.2) is 6.20 Å². The average Bonchev–Trinajstić information content (AvgIpc) is 2.87. The summed E-state index contributed by atoms with van der Waals surface area (Å²) in [6, 6.07) is 0. The van der Waals surface area contributed by atoms with Crippen LogP contribution in [-0.4, -0.2) is 24.0 Å². The van der Waals surface area contributed by atoms with Gasteiger partial charge >= 0.3 is 0 Å². The van der Waals surface area contributed by atoms with Crippen LogP contribution in [0, 0.1) is 12.8 Å². The van der Waals surface area contributed by atoms with E-state index in [0.717, 1.165) is 29.4 Å². The van der Waals surface area contributed by atoms with E-state index in [-0.39, 0.29) is 5.91 Å². The average molecular weight is 239 g/mol. The Hall–Kier alpha value is -0.940. The van der Waals surface area contributed by atoms with Gasteiger partial charge in [-0.05, 0) is 32.4 Å². The smallest absolute Gasteiger partial charge is 0.220 e. The van der Waals surface area contributed by atoms with E-state index in [2.05, 4.69) is 15.6 Å². The van der Waals surface area contributed by atoms with Gasteiger partial charge in [0.15, 0.2) is 0 Å². The van der Waals surface area contributed by atoms with Crippen molar-refractivity contribution in [3.05, 3.63) is 16.1 Å². The first kappa shape index (κ1) is 11.5. The van der Waals surface area contributed by atoms with Gasteiger partial charge in [0.05, 0.1) is 11.6 Å². The summed E-state index contributed by atoms with van der Waals surface area (Å²) < 4.78 is 0. The molecule has 2 rings (SSSR count). The van der Waals surface area contributed by atoms with Crippen LogP contribution in [0.3, 0.4) is 0 Å². The number of aryl methyl sites for hydroxylation is 1. The Labute approximate surface area is 99.5 Å². The Morgan fingerprint density at radius 2 is 2.62 bits per heavy atom. The molecule has 0 aromatic carbocycles. The highest BCUT2D eigenvalue weighted by atomic mass is 32.1. The molecule has 0 aliphatic carbocycles. The lowest BCUT2D eigenvalue weighted by Gasteiger charge is -2.07. The molecule has 0 saturated carbocycles. The molecule has 5 heteroatoms. The quantitative estimate of drug-likeness (QED) is 0.826. The van der Waals surface area contributed by atoms with E-state index in [1.165, 1.54) is 0 Å². The van der Waals surface area contributed by atoms with E-state index in [1.807, 2.05) is 13.1 Å². The third kappa shape index (κ3) is 3.28. The van der Waals surface area contributed by atoms with Crippen LogP contribution >= 0.6 is 11.3 Å². The molecule has 0 bridgehead atoms. The molecule has 4 nitrogen and oxygen atoms in total. The van der Waals surface area contributed by atoms with Crippen molar-refractivity contribution < 1.29 is 4.79 Å². The number of rotatable bonds is 4. The summed E-state index contributed by atoms with van der Waals surface area (Å²) in [6.07, 6.45) is 3.59. The van der Waals surface area contributed by atoms with Crippen LogP contribution in [0.1, 0.15) is 22.7 Å². The molecule has 0 radical (unpaired) electrons. The maximum Gasteiger partial charge on any atom is 0.220 e. The first-order chi connectivity index (χ1) is 7.74. The first-order valence-electron chi connectivity index (χ1n) is 5.63. The van der Waals surface area contributed by atoms with Crippen molar-refractivity contribution in [1.29, 1.82) is 0 Å². The summed E-state index contributed by atoms with van der Waals surface area (Å²) in [6.45, 7) is 4.61. The Kier molecular flexibility index (Phi) is 3.90. The maximum absolute atomic E-state index is 11.6. The zero-order valence-corrected chi connectivity index (χ0v) is 10.3. The van der Waals surface area contributed by atoms with Crippen LogP contribution in [0.4, 0.5) is 0 Å². The standard InChI is InChI=1S/C11H17N3OS/c1-8-13-6-10(16-8)7-14-11(15)4-9-2-3-12-5-9/h6,9,12H,2-5,7H2,1H3,(H,14,15). The zero-order valence-electron chi connectivity index (χ0n) is 9.45. The molecule has 1 atom stereocenters. The zero-order chi connectivity index (χ0) is 11.4. The number of thiazole rings is 1. The number of amides is 1. The van der Waals surface area contributed by atoms with Gasteiger partial charge in [0.25, 0.3) is 0 Å². The highest BCUT2D eigenvalue weighted by molar-refractivity contribution is 7.11. The molecule has 1 aromatic heterocycles. The Morgan fingerprint density at radius 1 is 1.75 bits per heavy atom. The van der Waals surface area contributed by atoms with Gasteiger partial charge in [0, 0.05) is 17.5 Å². The molecule has 1 unspecified atom stereocenters. The SMILES string of the molecule is Cc1ncc(CNC(=O)CC2CCNC2)s1. The molecule has 0 spiro atoms. The van der Waals surface area contributed by atoms with Crippen molar-refractivity contribution in [2.75, 3.05) is 13.1 Å². The monoisotopic (exact) mass is 239 g/mol. The predicted octanol–water partition coefficient (Wildman–Crippen LogP) is 1.07. The van der Waals surface area contributed by atoms with Crippen LogP contribution in [0.2, 0.25) is 0 Å². The summed E-state index contributed by atoms with van der Waals surface area (Å²) in [5, 5.41) is 7.26. The summed E-state index contributed by atoms with van der Waals surface area (Å²) in [5.74, 6) is 0.669. The van der Waals surface area contributed by atoms with E-state index < -0.39 is 0 Å². The number of carbonyl (C=O) groups is 1. The van der Waals surface area contributed by atoms with E-state index in [0.29, 0.717) is 18.9 Å². The summed E-state index contributed by atoms with van der Waals surface area (Å²) >= 11 is 1.63. The Balaban J connectivity index is 1.71. The van der Waals surface area contributed by atoms with E-state index in [4.69, 9.17) is 0 Å². The van der Waals surface area contributed by atoms with E-state index >= 15 is 0 Å². The third-order valence-electron chi connectivity index (χ3n) is 2.77. The fourth-order valence-electron chi connectivity index (χ4n) is 1.90. The normalized spacial score (nSPS) is 19.9. The minimum atomic E-state index is 0.153. The van der Waals surface area contributed by atoms with Crippen molar-refractivity contribution in [2.45, 2.75) is 26.3 Å². The lowest BCUT2D eigenvalue weighted by molar-refractivity contribution is -0.122. The highest BCUT2D eigenvalue weighted by Gasteiger charge is 2.17. The van der Waals surface area contributed by atoms with E-state index in [9.17, 15) is 4.79 Å². The second kappa shape index (κ2) is 5.41. The number of hydrogen-bond donors (Lipinski definition) is 2. The fraction of sp³-hybridized carbons (Fsp3) is 0.636. The van der Waals surface area contributed by atoms with Crippen molar-refractivity contribution in [3.8, 4) is 0 Å². The Bertz CT molecular complexity index is 358. The molecule has 1 amide bonds. The number of nitrogens with zero attached hydrogens (tertiary/aromatic N) is 1. The molecule has 1 aromatic rings. The predicted molar refractivity (Wildman–Crippen MR) is 64.3 cm³/mol. The van der Waals surface area contributed by atoms with Crippen molar-refractivity contribution >= 4 is 17.2 Å². The molecule has 88 valence electrons. The number of nitrogens with one attached hydrogen (secondary N) is 2. The first-order valence-corrected chi connectivity index (χ1v) is 6.44. The second-order valence-corrected chi connectivity index (χ2v) is 5.50. The molecule has 2 N–H and O–H groups in total. The lowest BCUT2D eigenvalue weighted by atomic mass is 10.0. The fourth-order valence-corrected chi connectivity index (χ4v) is 2.63. The van der Waals surface area contributed by atoms with Gasteiger partial charge in [0.1, 0.15) is 0 Å². The van der Waals surface area contributed by atoms with Crippen LogP contribution < -0.4 is 10.6 Å². The van der Waals surface area contributed by atoms with Gasteiger partial charge in [-0.25, -0.2) is 4.98 Å². The van der Waals surface area contributed by atoms with E-state index in [1.54, 1.807) is 11.3 Å². The van der Waals surface area contributed by atoms with Gasteiger partial charge in [-0.15, -0.1) is 11.3 Å². The third-order valence-corrected chi connectivity index (χ3v) is 3.68. The molecule has 1 aliphatic heterocycles. The molecule has 2 heterocycles. The summed E-state index contributed by atoms with van der Waals surface area (Å²) in [5.41, 5.74) is 0. The molecule has 1 aliphatic rings. The molecule has 1 saturated heterocycles. The minimum Gasteiger partial charge on any atom is -0.351 e. The number of carbonyl (C=O) groups excluding carboxylic acids is 1. The van der Waals surface area contributed by atoms with Crippen molar-refractivity contribution in [3.63, 3.8) is 0 Å².